The summed E-state index contributed by atoms with van der Waals surface area (Å²) in [5.41, 5.74) is 2.11. The first-order valence-corrected chi connectivity index (χ1v) is 8.50. The molecular weight excluding hydrogens is 332 g/mol. The van der Waals surface area contributed by atoms with Crippen LogP contribution >= 0.6 is 23.4 Å². The third-order valence-electron chi connectivity index (χ3n) is 3.31. The Morgan fingerprint density at radius 3 is 2.74 bits per heavy atom. The molecule has 1 amide bonds. The fraction of sp³-hybridized carbons (Fsp3) is 0.176. The van der Waals surface area contributed by atoms with E-state index in [1.165, 1.54) is 11.8 Å². The normalized spacial score (nSPS) is 12.3. The van der Waals surface area contributed by atoms with Crippen LogP contribution in [0.5, 0.6) is 0 Å². The molecule has 1 N–H and O–H groups in total. The molecule has 4 nitrogen and oxygen atoms in total. The third kappa shape index (κ3) is 3.68. The van der Waals surface area contributed by atoms with Crippen molar-refractivity contribution in [2.45, 2.75) is 23.8 Å². The number of carbonyl (C=O) groups is 1. The summed E-state index contributed by atoms with van der Waals surface area (Å²) in [5.74, 6) is -0.118. The molecule has 3 aromatic rings. The minimum Gasteiger partial charge on any atom is -0.431 e. The Morgan fingerprint density at radius 2 is 2.00 bits per heavy atom. The number of thioether (sulfide) groups is 1. The van der Waals surface area contributed by atoms with Crippen molar-refractivity contribution in [2.75, 3.05) is 5.32 Å². The van der Waals surface area contributed by atoms with Crippen LogP contribution in [0.25, 0.3) is 11.1 Å². The minimum atomic E-state index is -0.306. The summed E-state index contributed by atoms with van der Waals surface area (Å²) in [6.45, 7) is 1.95. The lowest BCUT2D eigenvalue weighted by Gasteiger charge is -2.13. The number of nitrogens with one attached hydrogen (secondary N) is 1. The molecule has 1 atom stereocenters. The highest BCUT2D eigenvalue weighted by molar-refractivity contribution is 8.00. The van der Waals surface area contributed by atoms with E-state index in [-0.39, 0.29) is 11.2 Å². The highest BCUT2D eigenvalue weighted by Crippen LogP contribution is 2.29. The van der Waals surface area contributed by atoms with Crippen LogP contribution in [0.1, 0.15) is 13.3 Å². The number of hydrogen-bond donors (Lipinski definition) is 1. The summed E-state index contributed by atoms with van der Waals surface area (Å²) in [6.07, 6.45) is 0.652. The molecule has 3 rings (SSSR count). The van der Waals surface area contributed by atoms with E-state index < -0.39 is 0 Å². The van der Waals surface area contributed by atoms with Crippen LogP contribution in [0.2, 0.25) is 5.02 Å². The molecule has 0 saturated heterocycles. The largest absolute Gasteiger partial charge is 0.431 e. The van der Waals surface area contributed by atoms with Gasteiger partial charge in [-0.3, -0.25) is 4.79 Å². The predicted molar refractivity (Wildman–Crippen MR) is 94.0 cm³/mol. The maximum atomic E-state index is 12.5. The molecule has 0 aliphatic heterocycles. The van der Waals surface area contributed by atoms with Gasteiger partial charge in [-0.15, -0.1) is 0 Å². The van der Waals surface area contributed by atoms with Gasteiger partial charge >= 0.3 is 0 Å². The van der Waals surface area contributed by atoms with E-state index in [4.69, 9.17) is 16.0 Å². The zero-order chi connectivity index (χ0) is 16.2. The van der Waals surface area contributed by atoms with Gasteiger partial charge in [-0.05, 0) is 30.7 Å². The lowest BCUT2D eigenvalue weighted by Crippen LogP contribution is -2.24. The molecule has 0 saturated carbocycles. The molecule has 0 bridgehead atoms. The molecule has 0 fully saturated rings. The van der Waals surface area contributed by atoms with Gasteiger partial charge < -0.3 is 9.73 Å². The second-order valence-electron chi connectivity index (χ2n) is 4.93. The van der Waals surface area contributed by atoms with E-state index in [0.29, 0.717) is 22.4 Å². The van der Waals surface area contributed by atoms with E-state index in [0.717, 1.165) is 11.1 Å². The number of halogens is 1. The van der Waals surface area contributed by atoms with Crippen LogP contribution < -0.4 is 5.32 Å². The topological polar surface area (TPSA) is 55.1 Å². The van der Waals surface area contributed by atoms with Crippen molar-refractivity contribution in [1.29, 1.82) is 0 Å². The molecule has 0 radical (unpaired) electrons. The van der Waals surface area contributed by atoms with Gasteiger partial charge in [-0.1, -0.05) is 54.6 Å². The van der Waals surface area contributed by atoms with Crippen LogP contribution in [0, 0.1) is 0 Å². The van der Waals surface area contributed by atoms with Gasteiger partial charge in [0.15, 0.2) is 5.58 Å². The molecule has 23 heavy (non-hydrogen) atoms. The number of rotatable bonds is 5. The summed E-state index contributed by atoms with van der Waals surface area (Å²) in [5, 5.41) is 3.56. The second kappa shape index (κ2) is 7.06. The van der Waals surface area contributed by atoms with Crippen LogP contribution in [0.4, 0.5) is 5.69 Å². The summed E-state index contributed by atoms with van der Waals surface area (Å²) in [6, 6.07) is 14.7. The van der Waals surface area contributed by atoms with Crippen LogP contribution in [-0.2, 0) is 4.79 Å². The van der Waals surface area contributed by atoms with Gasteiger partial charge in [0.1, 0.15) is 5.52 Å². The highest BCUT2D eigenvalue weighted by atomic mass is 35.5. The average Bonchev–Trinajstić information content (AvgIpc) is 2.97. The van der Waals surface area contributed by atoms with Gasteiger partial charge in [0, 0.05) is 0 Å². The number of para-hydroxylation sites is 3. The van der Waals surface area contributed by atoms with E-state index in [2.05, 4.69) is 10.3 Å². The van der Waals surface area contributed by atoms with Gasteiger partial charge in [0.25, 0.3) is 5.22 Å². The number of benzene rings is 2. The summed E-state index contributed by atoms with van der Waals surface area (Å²) in [4.78, 5) is 16.9. The number of hydrogen-bond acceptors (Lipinski definition) is 4. The maximum Gasteiger partial charge on any atom is 0.257 e. The molecular formula is C17H15ClN2O2S. The zero-order valence-electron chi connectivity index (χ0n) is 12.5. The van der Waals surface area contributed by atoms with E-state index in [1.807, 2.05) is 43.3 Å². The van der Waals surface area contributed by atoms with Crippen LogP contribution in [0.15, 0.2) is 58.2 Å². The molecule has 1 aromatic heterocycles. The highest BCUT2D eigenvalue weighted by Gasteiger charge is 2.21. The summed E-state index contributed by atoms with van der Waals surface area (Å²) < 4.78 is 5.67. The second-order valence-corrected chi connectivity index (χ2v) is 6.49. The molecule has 118 valence electrons. The number of anilines is 1. The monoisotopic (exact) mass is 346 g/mol. The Kier molecular flexibility index (Phi) is 4.88. The maximum absolute atomic E-state index is 12.5. The minimum absolute atomic E-state index is 0.118. The first-order valence-electron chi connectivity index (χ1n) is 7.25. The van der Waals surface area contributed by atoms with Gasteiger partial charge in [0.2, 0.25) is 5.91 Å². The van der Waals surface area contributed by atoms with Gasteiger partial charge in [0.05, 0.1) is 16.0 Å². The number of fused-ring (bicyclic) bond motifs is 1. The average molecular weight is 347 g/mol. The Hall–Kier alpha value is -1.98. The molecule has 1 unspecified atom stereocenters. The smallest absolute Gasteiger partial charge is 0.257 e. The van der Waals surface area contributed by atoms with E-state index in [9.17, 15) is 4.79 Å². The molecule has 0 aliphatic rings. The zero-order valence-corrected chi connectivity index (χ0v) is 14.0. The number of carbonyl (C=O) groups excluding carboxylic acids is 1. The lowest BCUT2D eigenvalue weighted by atomic mass is 10.2. The van der Waals surface area contributed by atoms with Gasteiger partial charge in [-0.2, -0.15) is 0 Å². The number of nitrogens with zero attached hydrogens (tertiary/aromatic N) is 1. The Bertz CT molecular complexity index is 801. The lowest BCUT2D eigenvalue weighted by molar-refractivity contribution is -0.115. The van der Waals surface area contributed by atoms with E-state index in [1.54, 1.807) is 12.1 Å². The summed E-state index contributed by atoms with van der Waals surface area (Å²) >= 11 is 7.39. The standard InChI is InChI=1S/C17H15ClN2O2S/c1-2-15(16(21)19-12-8-4-3-7-11(12)18)23-17-20-13-9-5-6-10-14(13)22-17/h3-10,15H,2H2,1H3,(H,19,21). The Labute approximate surface area is 143 Å². The number of aromatic nitrogens is 1. The Balaban J connectivity index is 1.74. The fourth-order valence-electron chi connectivity index (χ4n) is 2.12. The van der Waals surface area contributed by atoms with Crippen molar-refractivity contribution in [3.8, 4) is 0 Å². The fourth-order valence-corrected chi connectivity index (χ4v) is 3.17. The van der Waals surface area contributed by atoms with Gasteiger partial charge in [-0.25, -0.2) is 4.98 Å². The Morgan fingerprint density at radius 1 is 1.26 bits per heavy atom. The van der Waals surface area contributed by atoms with Crippen molar-refractivity contribution in [3.05, 3.63) is 53.6 Å². The SMILES string of the molecule is CCC(Sc1nc2ccccc2o1)C(=O)Nc1ccccc1Cl. The quantitative estimate of drug-likeness (QED) is 0.661. The van der Waals surface area contributed by atoms with Crippen molar-refractivity contribution < 1.29 is 9.21 Å². The first-order chi connectivity index (χ1) is 11.2. The summed E-state index contributed by atoms with van der Waals surface area (Å²) in [7, 11) is 0. The first kappa shape index (κ1) is 15.9. The molecule has 0 spiro atoms. The van der Waals surface area contributed by atoms with Crippen molar-refractivity contribution in [2.24, 2.45) is 0 Å². The molecule has 2 aromatic carbocycles. The number of oxazole rings is 1. The van der Waals surface area contributed by atoms with E-state index >= 15 is 0 Å². The van der Waals surface area contributed by atoms with Crippen molar-refractivity contribution in [1.82, 2.24) is 4.98 Å². The number of amides is 1. The molecule has 1 heterocycles. The van der Waals surface area contributed by atoms with Crippen LogP contribution in [0.3, 0.4) is 0 Å². The van der Waals surface area contributed by atoms with Crippen molar-refractivity contribution in [3.63, 3.8) is 0 Å². The predicted octanol–water partition coefficient (Wildman–Crippen LogP) is 4.99. The van der Waals surface area contributed by atoms with Crippen molar-refractivity contribution >= 4 is 46.1 Å². The molecule has 6 heteroatoms. The molecule has 0 aliphatic carbocycles. The van der Waals surface area contributed by atoms with Crippen LogP contribution in [-0.4, -0.2) is 16.1 Å². The third-order valence-corrected chi connectivity index (χ3v) is 4.85.